The lowest BCUT2D eigenvalue weighted by Crippen LogP contribution is -2.49. The number of carbonyl (C=O) groups is 2. The summed E-state index contributed by atoms with van der Waals surface area (Å²) in [5.41, 5.74) is 5.64. The fourth-order valence-corrected chi connectivity index (χ4v) is 3.45. The van der Waals surface area contributed by atoms with Gasteiger partial charge in [-0.1, -0.05) is 54.1 Å². The van der Waals surface area contributed by atoms with E-state index in [1.165, 1.54) is 6.08 Å². The summed E-state index contributed by atoms with van der Waals surface area (Å²) >= 11 is 14.3. The molecule has 0 spiro atoms. The predicted octanol–water partition coefficient (Wildman–Crippen LogP) is 4.37. The second kappa shape index (κ2) is 10.9. The van der Waals surface area contributed by atoms with Crippen LogP contribution in [0.5, 0.6) is 5.75 Å². The molecular formula is C22H17BrClN3O3S. The number of hydrogen-bond donors (Lipinski definition) is 3. The zero-order chi connectivity index (χ0) is 22.2. The number of rotatable bonds is 5. The van der Waals surface area contributed by atoms with E-state index in [2.05, 4.69) is 32.1 Å². The van der Waals surface area contributed by atoms with Gasteiger partial charge in [-0.05, 0) is 68.8 Å². The first-order valence-electron chi connectivity index (χ1n) is 9.06. The molecule has 31 heavy (non-hydrogen) atoms. The Hall–Kier alpha value is -2.94. The summed E-state index contributed by atoms with van der Waals surface area (Å²) in [6.45, 7) is -0.239. The predicted molar refractivity (Wildman–Crippen MR) is 130 cm³/mol. The molecule has 0 heterocycles. The molecule has 3 N–H and O–H groups in total. The van der Waals surface area contributed by atoms with Crippen LogP contribution in [0.2, 0.25) is 5.02 Å². The van der Waals surface area contributed by atoms with Crippen molar-refractivity contribution < 1.29 is 14.3 Å². The van der Waals surface area contributed by atoms with Gasteiger partial charge in [0.1, 0.15) is 5.75 Å². The molecule has 0 atom stereocenters. The Bertz CT molecular complexity index is 1150. The minimum Gasteiger partial charge on any atom is -0.483 e. The Balaban J connectivity index is 1.43. The summed E-state index contributed by atoms with van der Waals surface area (Å²) in [5, 5.41) is 5.02. The SMILES string of the molecule is O=C(/C=C/c1ccc(Cl)cc1)NC(=S)NNC(=O)COc1ccc2ccccc2c1Br. The Morgan fingerprint density at radius 2 is 1.77 bits per heavy atom. The molecule has 0 aliphatic carbocycles. The average Bonchev–Trinajstić information content (AvgIpc) is 2.77. The highest BCUT2D eigenvalue weighted by Crippen LogP contribution is 2.32. The zero-order valence-corrected chi connectivity index (χ0v) is 19.2. The van der Waals surface area contributed by atoms with Gasteiger partial charge in [0.25, 0.3) is 5.91 Å². The van der Waals surface area contributed by atoms with Gasteiger partial charge >= 0.3 is 0 Å². The molecule has 3 aromatic carbocycles. The van der Waals surface area contributed by atoms with Gasteiger partial charge in [0.15, 0.2) is 11.7 Å². The van der Waals surface area contributed by atoms with Crippen molar-refractivity contribution in [3.8, 4) is 5.75 Å². The molecule has 6 nitrogen and oxygen atoms in total. The van der Waals surface area contributed by atoms with E-state index in [-0.39, 0.29) is 11.7 Å². The first kappa shape index (κ1) is 22.7. The largest absolute Gasteiger partial charge is 0.483 e. The molecule has 0 bridgehead atoms. The van der Waals surface area contributed by atoms with Crippen molar-refractivity contribution in [1.82, 2.24) is 16.2 Å². The van der Waals surface area contributed by atoms with Crippen molar-refractivity contribution in [1.29, 1.82) is 0 Å². The van der Waals surface area contributed by atoms with Crippen LogP contribution in [-0.2, 0) is 9.59 Å². The van der Waals surface area contributed by atoms with Crippen molar-refractivity contribution in [2.24, 2.45) is 0 Å². The van der Waals surface area contributed by atoms with Crippen LogP contribution in [-0.4, -0.2) is 23.5 Å². The molecular weight excluding hydrogens is 502 g/mol. The van der Waals surface area contributed by atoms with E-state index in [0.29, 0.717) is 10.8 Å². The lowest BCUT2D eigenvalue weighted by atomic mass is 10.1. The summed E-state index contributed by atoms with van der Waals surface area (Å²) < 4.78 is 6.33. The number of hydrazine groups is 1. The van der Waals surface area contributed by atoms with E-state index in [1.54, 1.807) is 36.4 Å². The van der Waals surface area contributed by atoms with Crippen molar-refractivity contribution in [3.05, 3.63) is 81.8 Å². The number of amides is 2. The van der Waals surface area contributed by atoms with Crippen LogP contribution in [0.15, 0.2) is 71.2 Å². The number of hydrogen-bond acceptors (Lipinski definition) is 4. The molecule has 0 unspecified atom stereocenters. The maximum Gasteiger partial charge on any atom is 0.276 e. The van der Waals surface area contributed by atoms with E-state index >= 15 is 0 Å². The summed E-state index contributed by atoms with van der Waals surface area (Å²) in [7, 11) is 0. The lowest BCUT2D eigenvalue weighted by Gasteiger charge is -2.12. The summed E-state index contributed by atoms with van der Waals surface area (Å²) in [6, 6.07) is 18.5. The van der Waals surface area contributed by atoms with E-state index in [9.17, 15) is 9.59 Å². The second-order valence-electron chi connectivity index (χ2n) is 6.26. The quantitative estimate of drug-likeness (QED) is 0.266. The van der Waals surface area contributed by atoms with Gasteiger partial charge in [-0.15, -0.1) is 0 Å². The van der Waals surface area contributed by atoms with E-state index < -0.39 is 11.8 Å². The standard InChI is InChI=1S/C22H17BrClN3O3S/c23-21-17-4-2-1-3-15(17)8-11-18(21)30-13-20(29)26-27-22(31)25-19(28)12-7-14-5-9-16(24)10-6-14/h1-12H,13H2,(H,26,29)(H2,25,27,28,31)/b12-7+. The topological polar surface area (TPSA) is 79.5 Å². The van der Waals surface area contributed by atoms with Crippen molar-refractivity contribution in [2.75, 3.05) is 6.61 Å². The van der Waals surface area contributed by atoms with Crippen LogP contribution < -0.4 is 20.9 Å². The molecule has 0 fully saturated rings. The molecule has 0 saturated carbocycles. The third-order valence-electron chi connectivity index (χ3n) is 4.04. The Morgan fingerprint density at radius 3 is 2.55 bits per heavy atom. The molecule has 9 heteroatoms. The fraction of sp³-hybridized carbons (Fsp3) is 0.0455. The highest BCUT2D eigenvalue weighted by atomic mass is 79.9. The Labute approximate surface area is 197 Å². The molecule has 0 aromatic heterocycles. The number of nitrogens with one attached hydrogen (secondary N) is 3. The van der Waals surface area contributed by atoms with Gasteiger partial charge in [-0.25, -0.2) is 0 Å². The van der Waals surface area contributed by atoms with Crippen LogP contribution in [0.4, 0.5) is 0 Å². The molecule has 3 rings (SSSR count). The Kier molecular flexibility index (Phi) is 8.00. The second-order valence-corrected chi connectivity index (χ2v) is 7.90. The number of benzene rings is 3. The van der Waals surface area contributed by atoms with Crippen LogP contribution in [0.25, 0.3) is 16.8 Å². The van der Waals surface area contributed by atoms with Gasteiger partial charge in [-0.2, -0.15) is 0 Å². The van der Waals surface area contributed by atoms with E-state index in [1.807, 2.05) is 30.3 Å². The van der Waals surface area contributed by atoms with Crippen LogP contribution >= 0.6 is 39.7 Å². The maximum absolute atomic E-state index is 12.0. The summed E-state index contributed by atoms with van der Waals surface area (Å²) in [4.78, 5) is 23.9. The first-order valence-corrected chi connectivity index (χ1v) is 10.6. The molecule has 3 aromatic rings. The minimum atomic E-state index is -0.464. The number of carbonyl (C=O) groups excluding carboxylic acids is 2. The summed E-state index contributed by atoms with van der Waals surface area (Å²) in [5.74, 6) is -0.372. The number of thiocarbonyl (C=S) groups is 1. The minimum absolute atomic E-state index is 0.0500. The third-order valence-corrected chi connectivity index (χ3v) is 5.31. The van der Waals surface area contributed by atoms with Crippen LogP contribution in [0, 0.1) is 0 Å². The highest BCUT2D eigenvalue weighted by molar-refractivity contribution is 9.10. The number of halogens is 2. The van der Waals surface area contributed by atoms with E-state index in [4.69, 9.17) is 28.6 Å². The highest BCUT2D eigenvalue weighted by Gasteiger charge is 2.09. The van der Waals surface area contributed by atoms with Gasteiger partial charge in [0, 0.05) is 11.1 Å². The van der Waals surface area contributed by atoms with Gasteiger partial charge in [0.05, 0.1) is 4.47 Å². The van der Waals surface area contributed by atoms with Gasteiger partial charge in [0.2, 0.25) is 5.91 Å². The molecule has 0 saturated heterocycles. The fourth-order valence-electron chi connectivity index (χ4n) is 2.56. The third kappa shape index (κ3) is 6.78. The number of fused-ring (bicyclic) bond motifs is 1. The number of ether oxygens (including phenoxy) is 1. The van der Waals surface area contributed by atoms with E-state index in [0.717, 1.165) is 20.8 Å². The van der Waals surface area contributed by atoms with Crippen molar-refractivity contribution in [3.63, 3.8) is 0 Å². The zero-order valence-electron chi connectivity index (χ0n) is 16.0. The molecule has 158 valence electrons. The molecule has 0 aliphatic rings. The summed E-state index contributed by atoms with van der Waals surface area (Å²) in [6.07, 6.45) is 2.93. The Morgan fingerprint density at radius 1 is 1.03 bits per heavy atom. The normalized spacial score (nSPS) is 10.6. The molecule has 0 aliphatic heterocycles. The van der Waals surface area contributed by atoms with Crippen molar-refractivity contribution >= 4 is 73.5 Å². The van der Waals surface area contributed by atoms with Gasteiger partial charge in [-0.3, -0.25) is 25.8 Å². The lowest BCUT2D eigenvalue weighted by molar-refractivity contribution is -0.123. The average molecular weight is 519 g/mol. The van der Waals surface area contributed by atoms with Crippen LogP contribution in [0.1, 0.15) is 5.56 Å². The maximum atomic E-state index is 12.0. The monoisotopic (exact) mass is 517 g/mol. The smallest absolute Gasteiger partial charge is 0.276 e. The molecule has 2 amide bonds. The van der Waals surface area contributed by atoms with Crippen LogP contribution in [0.3, 0.4) is 0 Å². The van der Waals surface area contributed by atoms with Gasteiger partial charge < -0.3 is 4.74 Å². The molecule has 0 radical (unpaired) electrons. The van der Waals surface area contributed by atoms with Crippen molar-refractivity contribution in [2.45, 2.75) is 0 Å². The first-order chi connectivity index (χ1) is 14.9.